The molecule has 1 aromatic carbocycles. The van der Waals surface area contributed by atoms with Gasteiger partial charge in [-0.15, -0.1) is 11.8 Å². The standard InChI is InChI=1S/C15H15F2N3O3S/c1-9(23-13(22)6-19-8-24-7-12(19)21)14-18-10-4-2-3-5-11(10)20(14)15(16)17/h2-5,9,15H,6-8H2,1H3. The van der Waals surface area contributed by atoms with Crippen LogP contribution in [0.2, 0.25) is 0 Å². The maximum absolute atomic E-state index is 13.4. The molecule has 1 unspecified atom stereocenters. The lowest BCUT2D eigenvalue weighted by atomic mass is 10.3. The molecule has 1 aromatic heterocycles. The Hall–Kier alpha value is -2.16. The summed E-state index contributed by atoms with van der Waals surface area (Å²) >= 11 is 1.41. The number of hydrogen-bond acceptors (Lipinski definition) is 5. The van der Waals surface area contributed by atoms with Crippen LogP contribution in [-0.4, -0.2) is 44.5 Å². The van der Waals surface area contributed by atoms with E-state index in [4.69, 9.17) is 4.74 Å². The smallest absolute Gasteiger partial charge is 0.326 e. The number of nitrogens with zero attached hydrogens (tertiary/aromatic N) is 3. The maximum atomic E-state index is 13.4. The number of aromatic nitrogens is 2. The lowest BCUT2D eigenvalue weighted by Gasteiger charge is -2.18. The largest absolute Gasteiger partial charge is 0.453 e. The minimum absolute atomic E-state index is 0.0262. The minimum Gasteiger partial charge on any atom is -0.453 e. The Bertz CT molecular complexity index is 780. The number of rotatable bonds is 5. The minimum atomic E-state index is -2.80. The van der Waals surface area contributed by atoms with Crippen LogP contribution >= 0.6 is 11.8 Å². The molecular formula is C15H15F2N3O3S. The van der Waals surface area contributed by atoms with Crippen molar-refractivity contribution < 1.29 is 23.1 Å². The summed E-state index contributed by atoms with van der Waals surface area (Å²) in [5.41, 5.74) is 0.679. The zero-order chi connectivity index (χ0) is 17.3. The predicted octanol–water partition coefficient (Wildman–Crippen LogP) is 2.57. The Kier molecular flexibility index (Phi) is 4.70. The Labute approximate surface area is 140 Å². The average Bonchev–Trinajstić information content (AvgIpc) is 3.11. The summed E-state index contributed by atoms with van der Waals surface area (Å²) < 4.78 is 32.8. The molecule has 0 bridgehead atoms. The highest BCUT2D eigenvalue weighted by atomic mass is 32.2. The molecule has 2 aromatic rings. The molecule has 0 aliphatic carbocycles. The molecule has 128 valence electrons. The second-order valence-electron chi connectivity index (χ2n) is 5.31. The highest BCUT2D eigenvalue weighted by Crippen LogP contribution is 2.28. The zero-order valence-corrected chi connectivity index (χ0v) is 13.6. The first kappa shape index (κ1) is 16.7. The highest BCUT2D eigenvalue weighted by Gasteiger charge is 2.27. The Balaban J connectivity index is 1.78. The van der Waals surface area contributed by atoms with Gasteiger partial charge in [0.2, 0.25) is 5.91 Å². The van der Waals surface area contributed by atoms with Gasteiger partial charge in [-0.2, -0.15) is 8.78 Å². The number of alkyl halides is 2. The van der Waals surface area contributed by atoms with Crippen LogP contribution in [0.5, 0.6) is 0 Å². The van der Waals surface area contributed by atoms with Crippen molar-refractivity contribution in [1.29, 1.82) is 0 Å². The van der Waals surface area contributed by atoms with Gasteiger partial charge in [-0.1, -0.05) is 12.1 Å². The van der Waals surface area contributed by atoms with E-state index in [1.54, 1.807) is 18.2 Å². The van der Waals surface area contributed by atoms with Crippen molar-refractivity contribution in [1.82, 2.24) is 14.5 Å². The van der Waals surface area contributed by atoms with Crippen LogP contribution in [-0.2, 0) is 14.3 Å². The Morgan fingerprint density at radius 3 is 2.83 bits per heavy atom. The maximum Gasteiger partial charge on any atom is 0.326 e. The van der Waals surface area contributed by atoms with Gasteiger partial charge >= 0.3 is 12.5 Å². The van der Waals surface area contributed by atoms with Gasteiger partial charge in [0.15, 0.2) is 11.9 Å². The molecule has 1 aliphatic heterocycles. The fourth-order valence-electron chi connectivity index (χ4n) is 2.54. The molecule has 1 amide bonds. The molecule has 0 saturated carbocycles. The first-order chi connectivity index (χ1) is 11.5. The molecule has 24 heavy (non-hydrogen) atoms. The van der Waals surface area contributed by atoms with Gasteiger partial charge in [-0.25, -0.2) is 4.98 Å². The van der Waals surface area contributed by atoms with Crippen LogP contribution in [0.3, 0.4) is 0 Å². The van der Waals surface area contributed by atoms with Crippen molar-refractivity contribution in [2.24, 2.45) is 0 Å². The SMILES string of the molecule is CC(OC(=O)CN1CSCC1=O)c1nc2ccccc2n1C(F)F. The molecule has 6 nitrogen and oxygen atoms in total. The molecule has 9 heteroatoms. The number of esters is 1. The van der Waals surface area contributed by atoms with Crippen molar-refractivity contribution in [2.75, 3.05) is 18.2 Å². The van der Waals surface area contributed by atoms with Gasteiger partial charge < -0.3 is 9.64 Å². The number of thioether (sulfide) groups is 1. The van der Waals surface area contributed by atoms with Crippen molar-refractivity contribution in [2.45, 2.75) is 19.6 Å². The van der Waals surface area contributed by atoms with Crippen LogP contribution in [0.25, 0.3) is 11.0 Å². The van der Waals surface area contributed by atoms with Gasteiger partial charge in [0, 0.05) is 0 Å². The Morgan fingerprint density at radius 1 is 1.42 bits per heavy atom. The molecule has 3 rings (SSSR count). The van der Waals surface area contributed by atoms with E-state index in [1.807, 2.05) is 0 Å². The fourth-order valence-corrected chi connectivity index (χ4v) is 3.44. The number of imidazole rings is 1. The number of amides is 1. The molecular weight excluding hydrogens is 340 g/mol. The number of carbonyl (C=O) groups is 2. The van der Waals surface area contributed by atoms with Gasteiger partial charge in [0.05, 0.1) is 22.7 Å². The fraction of sp³-hybridized carbons (Fsp3) is 0.400. The highest BCUT2D eigenvalue weighted by molar-refractivity contribution is 8.00. The monoisotopic (exact) mass is 355 g/mol. The molecule has 1 fully saturated rings. The molecule has 1 saturated heterocycles. The summed E-state index contributed by atoms with van der Waals surface area (Å²) in [5.74, 6) is -0.0423. The quantitative estimate of drug-likeness (QED) is 0.772. The van der Waals surface area contributed by atoms with Crippen LogP contribution in [0, 0.1) is 0 Å². The molecule has 0 radical (unpaired) electrons. The third-order valence-electron chi connectivity index (χ3n) is 3.64. The number of fused-ring (bicyclic) bond motifs is 1. The second-order valence-corrected chi connectivity index (χ2v) is 6.26. The van der Waals surface area contributed by atoms with Gasteiger partial charge in [-0.05, 0) is 19.1 Å². The first-order valence-corrected chi connectivity index (χ1v) is 8.43. The lowest BCUT2D eigenvalue weighted by Crippen LogP contribution is -2.33. The number of para-hydroxylation sites is 2. The third-order valence-corrected chi connectivity index (χ3v) is 4.58. The normalized spacial score (nSPS) is 16.2. The van der Waals surface area contributed by atoms with E-state index in [0.29, 0.717) is 17.1 Å². The van der Waals surface area contributed by atoms with Crippen molar-refractivity contribution >= 4 is 34.7 Å². The number of benzene rings is 1. The molecule has 0 spiro atoms. The lowest BCUT2D eigenvalue weighted by molar-refractivity contribution is -0.152. The average molecular weight is 355 g/mol. The first-order valence-electron chi connectivity index (χ1n) is 7.27. The third kappa shape index (κ3) is 3.21. The van der Waals surface area contributed by atoms with Crippen molar-refractivity contribution in [3.8, 4) is 0 Å². The molecule has 2 heterocycles. The van der Waals surface area contributed by atoms with Crippen LogP contribution in [0.1, 0.15) is 25.4 Å². The summed E-state index contributed by atoms with van der Waals surface area (Å²) in [6.45, 7) is -1.51. The second kappa shape index (κ2) is 6.76. The molecule has 1 atom stereocenters. The van der Waals surface area contributed by atoms with Crippen molar-refractivity contribution in [3.63, 3.8) is 0 Å². The zero-order valence-electron chi connectivity index (χ0n) is 12.8. The van der Waals surface area contributed by atoms with Gasteiger partial charge in [0.25, 0.3) is 0 Å². The number of halogens is 2. The number of carbonyl (C=O) groups excluding carboxylic acids is 2. The summed E-state index contributed by atoms with van der Waals surface area (Å²) in [5, 5.41) is 0. The van der Waals surface area contributed by atoms with E-state index in [-0.39, 0.29) is 23.8 Å². The van der Waals surface area contributed by atoms with Crippen LogP contribution in [0.4, 0.5) is 8.78 Å². The predicted molar refractivity (Wildman–Crippen MR) is 84.5 cm³/mol. The number of ether oxygens (including phenoxy) is 1. The van der Waals surface area contributed by atoms with E-state index >= 15 is 0 Å². The van der Waals surface area contributed by atoms with Gasteiger partial charge in [-0.3, -0.25) is 14.2 Å². The molecule has 1 aliphatic rings. The summed E-state index contributed by atoms with van der Waals surface area (Å²) in [7, 11) is 0. The molecule has 0 N–H and O–H groups in total. The summed E-state index contributed by atoms with van der Waals surface area (Å²) in [4.78, 5) is 29.0. The van der Waals surface area contributed by atoms with Crippen molar-refractivity contribution in [3.05, 3.63) is 30.1 Å². The number of hydrogen-bond donors (Lipinski definition) is 0. The van der Waals surface area contributed by atoms with E-state index in [2.05, 4.69) is 4.98 Å². The van der Waals surface area contributed by atoms with Crippen LogP contribution in [0.15, 0.2) is 24.3 Å². The van der Waals surface area contributed by atoms with E-state index in [9.17, 15) is 18.4 Å². The Morgan fingerprint density at radius 2 is 2.17 bits per heavy atom. The summed E-state index contributed by atoms with van der Waals surface area (Å²) in [6.07, 6.45) is -0.954. The van der Waals surface area contributed by atoms with Crippen LogP contribution < -0.4 is 0 Å². The topological polar surface area (TPSA) is 64.4 Å². The summed E-state index contributed by atoms with van der Waals surface area (Å²) in [6, 6.07) is 6.49. The van der Waals surface area contributed by atoms with E-state index in [0.717, 1.165) is 4.57 Å². The van der Waals surface area contributed by atoms with E-state index in [1.165, 1.54) is 29.7 Å². The van der Waals surface area contributed by atoms with Gasteiger partial charge in [0.1, 0.15) is 6.54 Å². The van der Waals surface area contributed by atoms with E-state index < -0.39 is 18.6 Å².